The summed E-state index contributed by atoms with van der Waals surface area (Å²) in [5.41, 5.74) is 1.52. The molecule has 0 fully saturated rings. The molecular formula is C33H29F2N3O5. The molecule has 0 bridgehead atoms. The number of pyridine rings is 3. The molecule has 0 unspecified atom stereocenters. The van der Waals surface area contributed by atoms with Crippen LogP contribution >= 0.6 is 0 Å². The molecule has 0 saturated heterocycles. The molecule has 0 amide bonds. The van der Waals surface area contributed by atoms with Crippen LogP contribution in [0, 0.1) is 11.6 Å². The average molecular weight is 586 g/mol. The Hall–Kier alpha value is -5.12. The molecule has 1 N–H and O–H groups in total. The highest BCUT2D eigenvalue weighted by atomic mass is 19.1. The van der Waals surface area contributed by atoms with E-state index in [1.807, 2.05) is 20.8 Å². The fourth-order valence-corrected chi connectivity index (χ4v) is 4.74. The van der Waals surface area contributed by atoms with Crippen molar-refractivity contribution in [2.45, 2.75) is 32.6 Å². The van der Waals surface area contributed by atoms with Gasteiger partial charge in [-0.25, -0.2) is 13.8 Å². The van der Waals surface area contributed by atoms with Crippen LogP contribution in [-0.2, 0) is 11.8 Å². The molecule has 5 aromatic rings. The SMILES string of the molecule is COc1cc2nccc(Oc3ccc(CC(=O)c4c[nH]c(C(C)(C)C)c(-c5ccc(F)cc5)c4=O)cc3F)c2nc1OC. The van der Waals surface area contributed by atoms with Crippen molar-refractivity contribution in [1.29, 1.82) is 0 Å². The minimum atomic E-state index is -0.709. The minimum Gasteiger partial charge on any atom is -0.491 e. The van der Waals surface area contributed by atoms with Crippen LogP contribution < -0.4 is 19.6 Å². The number of aromatic nitrogens is 3. The summed E-state index contributed by atoms with van der Waals surface area (Å²) in [6.45, 7) is 5.78. The first-order valence-corrected chi connectivity index (χ1v) is 13.4. The molecule has 3 heterocycles. The van der Waals surface area contributed by atoms with Gasteiger partial charge in [0.25, 0.3) is 5.88 Å². The monoisotopic (exact) mass is 585 g/mol. The number of aromatic amines is 1. The number of H-pyrrole nitrogens is 1. The van der Waals surface area contributed by atoms with Crippen molar-refractivity contribution >= 4 is 16.8 Å². The van der Waals surface area contributed by atoms with Gasteiger partial charge in [0, 0.05) is 47.6 Å². The van der Waals surface area contributed by atoms with E-state index in [0.717, 1.165) is 0 Å². The van der Waals surface area contributed by atoms with E-state index in [2.05, 4.69) is 15.0 Å². The molecule has 3 aromatic heterocycles. The zero-order chi connectivity index (χ0) is 30.9. The minimum absolute atomic E-state index is 0.0771. The lowest BCUT2D eigenvalue weighted by molar-refractivity contribution is 0.0991. The molecular weight excluding hydrogens is 556 g/mol. The van der Waals surface area contributed by atoms with E-state index < -0.39 is 28.3 Å². The zero-order valence-corrected chi connectivity index (χ0v) is 24.2. The van der Waals surface area contributed by atoms with Crippen LogP contribution in [0.1, 0.15) is 42.4 Å². The second-order valence-corrected chi connectivity index (χ2v) is 10.9. The lowest BCUT2D eigenvalue weighted by Crippen LogP contribution is -2.25. The molecule has 2 aromatic carbocycles. The van der Waals surface area contributed by atoms with Gasteiger partial charge in [-0.2, -0.15) is 0 Å². The maximum absolute atomic E-state index is 15.2. The van der Waals surface area contributed by atoms with Gasteiger partial charge in [-0.1, -0.05) is 39.0 Å². The van der Waals surface area contributed by atoms with Gasteiger partial charge in [0.15, 0.2) is 34.3 Å². The maximum Gasteiger partial charge on any atom is 0.257 e. The lowest BCUT2D eigenvalue weighted by atomic mass is 9.85. The van der Waals surface area contributed by atoms with Gasteiger partial charge in [0.1, 0.15) is 11.3 Å². The van der Waals surface area contributed by atoms with Crippen LogP contribution in [0.4, 0.5) is 8.78 Å². The normalized spacial score (nSPS) is 11.4. The number of fused-ring (bicyclic) bond motifs is 1. The highest BCUT2D eigenvalue weighted by Crippen LogP contribution is 2.35. The van der Waals surface area contributed by atoms with Crippen molar-refractivity contribution in [3.05, 3.63) is 106 Å². The summed E-state index contributed by atoms with van der Waals surface area (Å²) in [4.78, 5) is 38.7. The van der Waals surface area contributed by atoms with Crippen molar-refractivity contribution in [3.8, 4) is 34.3 Å². The summed E-state index contributed by atoms with van der Waals surface area (Å²) in [7, 11) is 2.93. The Balaban J connectivity index is 1.43. The molecule has 0 aliphatic rings. The third-order valence-corrected chi connectivity index (χ3v) is 6.87. The molecule has 10 heteroatoms. The van der Waals surface area contributed by atoms with E-state index in [0.29, 0.717) is 39.2 Å². The van der Waals surface area contributed by atoms with Crippen LogP contribution in [0.5, 0.6) is 23.1 Å². The third-order valence-electron chi connectivity index (χ3n) is 6.87. The molecule has 8 nitrogen and oxygen atoms in total. The number of ether oxygens (including phenoxy) is 3. The summed E-state index contributed by atoms with van der Waals surface area (Å²) < 4.78 is 45.2. The van der Waals surface area contributed by atoms with E-state index in [1.54, 1.807) is 18.2 Å². The quantitative estimate of drug-likeness (QED) is 0.200. The summed E-state index contributed by atoms with van der Waals surface area (Å²) in [5.74, 6) is -0.888. The zero-order valence-electron chi connectivity index (χ0n) is 24.2. The molecule has 0 saturated carbocycles. The number of methoxy groups -OCH3 is 2. The highest BCUT2D eigenvalue weighted by Gasteiger charge is 2.25. The van der Waals surface area contributed by atoms with Gasteiger partial charge < -0.3 is 19.2 Å². The topological polar surface area (TPSA) is 103 Å². The molecule has 5 rings (SSSR count). The van der Waals surface area contributed by atoms with Crippen LogP contribution in [0.2, 0.25) is 0 Å². The Morgan fingerprint density at radius 3 is 2.33 bits per heavy atom. The molecule has 0 radical (unpaired) electrons. The van der Waals surface area contributed by atoms with Gasteiger partial charge >= 0.3 is 0 Å². The molecule has 0 spiro atoms. The third kappa shape index (κ3) is 5.94. The molecule has 0 atom stereocenters. The lowest BCUT2D eigenvalue weighted by Gasteiger charge is -2.23. The first kappa shape index (κ1) is 29.4. The Morgan fingerprint density at radius 1 is 0.930 bits per heavy atom. The Morgan fingerprint density at radius 2 is 1.67 bits per heavy atom. The van der Waals surface area contributed by atoms with Gasteiger partial charge in [-0.15, -0.1) is 0 Å². The summed E-state index contributed by atoms with van der Waals surface area (Å²) >= 11 is 0. The fourth-order valence-electron chi connectivity index (χ4n) is 4.74. The Bertz CT molecular complexity index is 1900. The van der Waals surface area contributed by atoms with Crippen molar-refractivity contribution in [2.75, 3.05) is 14.2 Å². The number of nitrogens with one attached hydrogen (secondary N) is 1. The van der Waals surface area contributed by atoms with Crippen molar-refractivity contribution in [3.63, 3.8) is 0 Å². The number of ketones is 1. The van der Waals surface area contributed by atoms with Crippen LogP contribution in [-0.4, -0.2) is 35.0 Å². The van der Waals surface area contributed by atoms with Crippen LogP contribution in [0.3, 0.4) is 0 Å². The second kappa shape index (κ2) is 11.6. The van der Waals surface area contributed by atoms with Gasteiger partial charge in [-0.05, 0) is 35.4 Å². The predicted molar refractivity (Wildman–Crippen MR) is 158 cm³/mol. The molecule has 220 valence electrons. The van der Waals surface area contributed by atoms with Gasteiger partial charge in [-0.3, -0.25) is 14.6 Å². The molecule has 0 aliphatic carbocycles. The van der Waals surface area contributed by atoms with E-state index in [9.17, 15) is 14.0 Å². The van der Waals surface area contributed by atoms with Crippen LogP contribution in [0.15, 0.2) is 71.8 Å². The largest absolute Gasteiger partial charge is 0.491 e. The van der Waals surface area contributed by atoms with Crippen molar-refractivity contribution < 1.29 is 27.8 Å². The van der Waals surface area contributed by atoms with E-state index in [4.69, 9.17) is 14.2 Å². The first-order chi connectivity index (χ1) is 20.5. The van der Waals surface area contributed by atoms with Gasteiger partial charge in [0.2, 0.25) is 0 Å². The number of nitrogens with zero attached hydrogens (tertiary/aromatic N) is 2. The number of Topliss-reactive ketones (excluding diaryl/α,β-unsaturated/α-hetero) is 1. The number of halogens is 2. The van der Waals surface area contributed by atoms with E-state index >= 15 is 4.39 Å². The van der Waals surface area contributed by atoms with Crippen LogP contribution in [0.25, 0.3) is 22.2 Å². The Labute approximate surface area is 246 Å². The number of rotatable bonds is 8. The van der Waals surface area contributed by atoms with E-state index in [1.165, 1.54) is 63.0 Å². The first-order valence-electron chi connectivity index (χ1n) is 13.4. The number of benzene rings is 2. The molecule has 43 heavy (non-hydrogen) atoms. The van der Waals surface area contributed by atoms with Crippen molar-refractivity contribution in [1.82, 2.24) is 15.0 Å². The van der Waals surface area contributed by atoms with E-state index in [-0.39, 0.29) is 29.4 Å². The predicted octanol–water partition coefficient (Wildman–Crippen LogP) is 6.80. The number of carbonyl (C=O) groups is 1. The number of carbonyl (C=O) groups excluding carboxylic acids is 1. The number of hydrogen-bond acceptors (Lipinski definition) is 7. The second-order valence-electron chi connectivity index (χ2n) is 10.9. The smallest absolute Gasteiger partial charge is 0.257 e. The Kier molecular flexibility index (Phi) is 7.95. The maximum atomic E-state index is 15.2. The van der Waals surface area contributed by atoms with Crippen molar-refractivity contribution in [2.24, 2.45) is 0 Å². The van der Waals surface area contributed by atoms with Gasteiger partial charge in [0.05, 0.1) is 25.3 Å². The highest BCUT2D eigenvalue weighted by molar-refractivity contribution is 5.98. The number of hydrogen-bond donors (Lipinski definition) is 1. The fraction of sp³-hybridized carbons (Fsp3) is 0.212. The summed E-state index contributed by atoms with van der Waals surface area (Å²) in [5, 5.41) is 0. The summed E-state index contributed by atoms with van der Waals surface area (Å²) in [6, 6.07) is 12.9. The standard InChI is InChI=1S/C33H29F2N3O5/c1-33(2,3)31-28(19-7-9-20(34)10-8-19)30(40)21(17-37-31)24(39)15-18-6-11-25(22(35)14-18)43-26-12-13-36-23-16-27(41-4)32(42-5)38-29(23)26/h6-14,16-17H,15H2,1-5H3,(H,37,40). The molecule has 0 aliphatic heterocycles. The summed E-state index contributed by atoms with van der Waals surface area (Å²) in [6.07, 6.45) is 2.66. The average Bonchev–Trinajstić information content (AvgIpc) is 2.97.